The zero-order valence-corrected chi connectivity index (χ0v) is 5.04. The molecule has 1 aromatic rings. The molecule has 1 saturated carbocycles. The van der Waals surface area contributed by atoms with Crippen LogP contribution in [-0.4, -0.2) is 20.9 Å². The fourth-order valence-corrected chi connectivity index (χ4v) is 0.870. The zero-order valence-electron chi connectivity index (χ0n) is 5.04. The lowest BCUT2D eigenvalue weighted by Crippen LogP contribution is -2.02. The Morgan fingerprint density at radius 2 is 2.30 bits per heavy atom. The van der Waals surface area contributed by atoms with Gasteiger partial charge in [-0.15, -0.1) is 5.10 Å². The second-order valence-electron chi connectivity index (χ2n) is 2.36. The van der Waals surface area contributed by atoms with Crippen LogP contribution >= 0.6 is 0 Å². The van der Waals surface area contributed by atoms with Crippen LogP contribution < -0.4 is 0 Å². The number of rotatable bonds is 1. The first-order valence-electron chi connectivity index (χ1n) is 2.94. The zero-order chi connectivity index (χ0) is 7.19. The molecule has 3 nitrogen and oxygen atoms in total. The maximum absolute atomic E-state index is 12.3. The molecule has 54 valence electrons. The molecule has 0 bridgehead atoms. The van der Waals surface area contributed by atoms with E-state index in [2.05, 4.69) is 10.3 Å². The molecular formula is C5H5F2N3. The van der Waals surface area contributed by atoms with Gasteiger partial charge in [0, 0.05) is 12.6 Å². The summed E-state index contributed by atoms with van der Waals surface area (Å²) in [7, 11) is 0. The molecule has 0 amide bonds. The lowest BCUT2D eigenvalue weighted by atomic mass is 10.7. The second kappa shape index (κ2) is 1.53. The standard InChI is InChI=1S/C5H5F2N3/c6-5(7)3-4(5)10-2-1-8-9-10/h1-2,4H,3H2. The molecule has 0 aliphatic heterocycles. The first-order chi connectivity index (χ1) is 4.70. The molecule has 0 aromatic carbocycles. The van der Waals surface area contributed by atoms with Gasteiger partial charge in [-0.3, -0.25) is 0 Å². The van der Waals surface area contributed by atoms with Crippen LogP contribution in [0.25, 0.3) is 0 Å². The van der Waals surface area contributed by atoms with Crippen molar-refractivity contribution in [3.63, 3.8) is 0 Å². The third-order valence-corrected chi connectivity index (χ3v) is 1.55. The van der Waals surface area contributed by atoms with E-state index in [1.165, 1.54) is 17.1 Å². The number of aromatic nitrogens is 3. The Morgan fingerprint density at radius 1 is 1.60 bits per heavy atom. The first-order valence-corrected chi connectivity index (χ1v) is 2.94. The topological polar surface area (TPSA) is 30.7 Å². The van der Waals surface area contributed by atoms with Gasteiger partial charge in [0.25, 0.3) is 5.92 Å². The molecule has 10 heavy (non-hydrogen) atoms. The van der Waals surface area contributed by atoms with E-state index in [-0.39, 0.29) is 6.42 Å². The van der Waals surface area contributed by atoms with Gasteiger partial charge in [0.05, 0.1) is 6.20 Å². The molecule has 1 unspecified atom stereocenters. The summed E-state index contributed by atoms with van der Waals surface area (Å²) in [6.07, 6.45) is 2.75. The monoisotopic (exact) mass is 145 g/mol. The van der Waals surface area contributed by atoms with Crippen molar-refractivity contribution in [1.82, 2.24) is 15.0 Å². The normalized spacial score (nSPS) is 28.4. The minimum absolute atomic E-state index is 0.101. The summed E-state index contributed by atoms with van der Waals surface area (Å²) in [6, 6.07) is -0.741. The van der Waals surface area contributed by atoms with Gasteiger partial charge in [-0.2, -0.15) is 0 Å². The highest BCUT2D eigenvalue weighted by Crippen LogP contribution is 2.51. The minimum Gasteiger partial charge on any atom is -0.243 e. The van der Waals surface area contributed by atoms with Crippen LogP contribution in [0.3, 0.4) is 0 Å². The average molecular weight is 145 g/mol. The van der Waals surface area contributed by atoms with Crippen molar-refractivity contribution in [3.05, 3.63) is 12.4 Å². The van der Waals surface area contributed by atoms with Gasteiger partial charge in [0.2, 0.25) is 0 Å². The van der Waals surface area contributed by atoms with E-state index in [0.29, 0.717) is 0 Å². The molecule has 2 rings (SSSR count). The summed E-state index contributed by atoms with van der Waals surface area (Å²) in [5, 5.41) is 6.89. The number of halogens is 2. The van der Waals surface area contributed by atoms with Crippen molar-refractivity contribution in [2.45, 2.75) is 18.4 Å². The van der Waals surface area contributed by atoms with Gasteiger partial charge in [-0.25, -0.2) is 13.5 Å². The second-order valence-corrected chi connectivity index (χ2v) is 2.36. The van der Waals surface area contributed by atoms with E-state index in [1.807, 2.05) is 0 Å². The van der Waals surface area contributed by atoms with Crippen molar-refractivity contribution in [2.24, 2.45) is 0 Å². The summed E-state index contributed by atoms with van der Waals surface area (Å²) in [6.45, 7) is 0. The van der Waals surface area contributed by atoms with Gasteiger partial charge in [0.15, 0.2) is 0 Å². The molecule has 1 aliphatic rings. The SMILES string of the molecule is FC1(F)CC1n1ccnn1. The molecule has 1 heterocycles. The Hall–Kier alpha value is -1.00. The first kappa shape index (κ1) is 5.76. The Balaban J connectivity index is 2.19. The fourth-order valence-electron chi connectivity index (χ4n) is 0.870. The van der Waals surface area contributed by atoms with Gasteiger partial charge >= 0.3 is 0 Å². The summed E-state index contributed by atoms with van der Waals surface area (Å²) in [5.41, 5.74) is 0. The number of alkyl halides is 2. The predicted molar refractivity (Wildman–Crippen MR) is 28.6 cm³/mol. The maximum Gasteiger partial charge on any atom is 0.272 e. The Kier molecular flexibility index (Phi) is 0.882. The highest BCUT2D eigenvalue weighted by atomic mass is 19.3. The molecule has 1 fully saturated rings. The maximum atomic E-state index is 12.3. The van der Waals surface area contributed by atoms with Crippen molar-refractivity contribution in [3.8, 4) is 0 Å². The smallest absolute Gasteiger partial charge is 0.243 e. The van der Waals surface area contributed by atoms with E-state index < -0.39 is 12.0 Å². The molecule has 0 spiro atoms. The summed E-state index contributed by atoms with van der Waals surface area (Å²) in [5.74, 6) is -2.55. The molecule has 0 radical (unpaired) electrons. The van der Waals surface area contributed by atoms with Crippen molar-refractivity contribution in [1.29, 1.82) is 0 Å². The Labute approximate surface area is 55.6 Å². The van der Waals surface area contributed by atoms with Crippen molar-refractivity contribution in [2.75, 3.05) is 0 Å². The van der Waals surface area contributed by atoms with Crippen LogP contribution in [0.15, 0.2) is 12.4 Å². The van der Waals surface area contributed by atoms with Crippen LogP contribution in [0.1, 0.15) is 12.5 Å². The lowest BCUT2D eigenvalue weighted by molar-refractivity contribution is 0.0979. The largest absolute Gasteiger partial charge is 0.272 e. The van der Waals surface area contributed by atoms with Crippen LogP contribution in [0, 0.1) is 0 Å². The van der Waals surface area contributed by atoms with E-state index in [4.69, 9.17) is 0 Å². The fraction of sp³-hybridized carbons (Fsp3) is 0.600. The van der Waals surface area contributed by atoms with E-state index in [9.17, 15) is 8.78 Å². The molecule has 0 saturated heterocycles. The number of hydrogen-bond donors (Lipinski definition) is 0. The van der Waals surface area contributed by atoms with E-state index >= 15 is 0 Å². The summed E-state index contributed by atoms with van der Waals surface area (Å²) < 4.78 is 25.7. The highest BCUT2D eigenvalue weighted by molar-refractivity contribution is 4.99. The van der Waals surface area contributed by atoms with Crippen LogP contribution in [0.5, 0.6) is 0 Å². The number of hydrogen-bond acceptors (Lipinski definition) is 2. The Morgan fingerprint density at radius 3 is 2.70 bits per heavy atom. The van der Waals surface area contributed by atoms with Crippen molar-refractivity contribution < 1.29 is 8.78 Å². The molecular weight excluding hydrogens is 140 g/mol. The quantitative estimate of drug-likeness (QED) is 0.586. The predicted octanol–water partition coefficient (Wildman–Crippen LogP) is 0.858. The van der Waals surface area contributed by atoms with Crippen LogP contribution in [-0.2, 0) is 0 Å². The van der Waals surface area contributed by atoms with E-state index in [1.54, 1.807) is 0 Å². The lowest BCUT2D eigenvalue weighted by Gasteiger charge is -1.94. The van der Waals surface area contributed by atoms with Gasteiger partial charge < -0.3 is 0 Å². The molecule has 5 heteroatoms. The Bertz CT molecular complexity index is 231. The van der Waals surface area contributed by atoms with Crippen LogP contribution in [0.2, 0.25) is 0 Å². The number of nitrogens with zero attached hydrogens (tertiary/aromatic N) is 3. The highest BCUT2D eigenvalue weighted by Gasteiger charge is 2.59. The summed E-state index contributed by atoms with van der Waals surface area (Å²) in [4.78, 5) is 0. The molecule has 0 N–H and O–H groups in total. The van der Waals surface area contributed by atoms with E-state index in [0.717, 1.165) is 0 Å². The van der Waals surface area contributed by atoms with Gasteiger partial charge in [-0.1, -0.05) is 5.21 Å². The van der Waals surface area contributed by atoms with Crippen LogP contribution in [0.4, 0.5) is 8.78 Å². The van der Waals surface area contributed by atoms with Gasteiger partial charge in [0.1, 0.15) is 6.04 Å². The molecule has 1 aromatic heterocycles. The average Bonchev–Trinajstić information content (AvgIpc) is 2.31. The van der Waals surface area contributed by atoms with Crippen molar-refractivity contribution >= 4 is 0 Å². The minimum atomic E-state index is -2.55. The summed E-state index contributed by atoms with van der Waals surface area (Å²) >= 11 is 0. The van der Waals surface area contributed by atoms with Gasteiger partial charge in [-0.05, 0) is 0 Å². The molecule has 1 atom stereocenters. The molecule has 1 aliphatic carbocycles. The third-order valence-electron chi connectivity index (χ3n) is 1.55. The third kappa shape index (κ3) is 0.698.